The Kier molecular flexibility index (Phi) is 3.09. The van der Waals surface area contributed by atoms with E-state index in [-0.39, 0.29) is 6.61 Å². The highest BCUT2D eigenvalue weighted by molar-refractivity contribution is 5.89. The summed E-state index contributed by atoms with van der Waals surface area (Å²) in [5.74, 6) is 0.345. The average Bonchev–Trinajstić information content (AvgIpc) is 2.90. The quantitative estimate of drug-likeness (QED) is 0.552. The molecule has 0 aliphatic carbocycles. The molecule has 3 rings (SSSR count). The SMILES string of the molecule is Cc1cn(C2OC(CO)C(O)C2O)c2ncnc(N)c12. The largest absolute Gasteiger partial charge is 0.394 e. The van der Waals surface area contributed by atoms with Gasteiger partial charge in [-0.2, -0.15) is 0 Å². The average molecular weight is 280 g/mol. The van der Waals surface area contributed by atoms with Gasteiger partial charge in [0, 0.05) is 6.20 Å². The number of anilines is 1. The van der Waals surface area contributed by atoms with E-state index in [0.717, 1.165) is 5.56 Å². The summed E-state index contributed by atoms with van der Waals surface area (Å²) >= 11 is 0. The molecule has 108 valence electrons. The minimum Gasteiger partial charge on any atom is -0.394 e. The second-order valence-corrected chi connectivity index (χ2v) is 4.91. The molecule has 0 aromatic carbocycles. The molecular weight excluding hydrogens is 264 g/mol. The van der Waals surface area contributed by atoms with E-state index >= 15 is 0 Å². The first-order valence-corrected chi connectivity index (χ1v) is 6.24. The fourth-order valence-corrected chi connectivity index (χ4v) is 2.60. The summed E-state index contributed by atoms with van der Waals surface area (Å²) in [5, 5.41) is 29.7. The van der Waals surface area contributed by atoms with Crippen LogP contribution in [0.1, 0.15) is 11.8 Å². The molecule has 1 aliphatic heterocycles. The number of hydrogen-bond donors (Lipinski definition) is 4. The summed E-state index contributed by atoms with van der Waals surface area (Å²) < 4.78 is 7.10. The number of nitrogen functional groups attached to an aromatic ring is 1. The van der Waals surface area contributed by atoms with E-state index in [1.165, 1.54) is 6.33 Å². The summed E-state index contributed by atoms with van der Waals surface area (Å²) in [6.07, 6.45) is -0.898. The number of nitrogens with zero attached hydrogens (tertiary/aromatic N) is 3. The van der Waals surface area contributed by atoms with Gasteiger partial charge in [0.15, 0.2) is 6.23 Å². The zero-order valence-corrected chi connectivity index (χ0v) is 10.8. The van der Waals surface area contributed by atoms with Gasteiger partial charge in [-0.25, -0.2) is 9.97 Å². The van der Waals surface area contributed by atoms with Crippen LogP contribution in [0.15, 0.2) is 12.5 Å². The van der Waals surface area contributed by atoms with Crippen molar-refractivity contribution in [2.45, 2.75) is 31.5 Å². The van der Waals surface area contributed by atoms with Crippen LogP contribution in [0, 0.1) is 6.92 Å². The molecule has 1 saturated heterocycles. The van der Waals surface area contributed by atoms with Crippen LogP contribution in [0.5, 0.6) is 0 Å². The number of aryl methyl sites for hydroxylation is 1. The van der Waals surface area contributed by atoms with Crippen LogP contribution in [0.25, 0.3) is 11.0 Å². The standard InChI is InChI=1S/C12H16N4O4/c1-5-2-16(11-7(5)10(13)14-4-15-11)12-9(19)8(18)6(3-17)20-12/h2,4,6,8-9,12,17-19H,3H2,1H3,(H2,13,14,15). The second kappa shape index (κ2) is 4.67. The lowest BCUT2D eigenvalue weighted by atomic mass is 10.1. The molecule has 20 heavy (non-hydrogen) atoms. The van der Waals surface area contributed by atoms with Crippen LogP contribution in [0.4, 0.5) is 5.82 Å². The highest BCUT2D eigenvalue weighted by Gasteiger charge is 2.43. The van der Waals surface area contributed by atoms with Crippen molar-refractivity contribution in [3.63, 3.8) is 0 Å². The molecule has 5 N–H and O–H groups in total. The Morgan fingerprint density at radius 3 is 2.75 bits per heavy atom. The number of aliphatic hydroxyl groups is 3. The summed E-state index contributed by atoms with van der Waals surface area (Å²) in [4.78, 5) is 8.09. The molecule has 8 nitrogen and oxygen atoms in total. The number of fused-ring (bicyclic) bond motifs is 1. The molecule has 1 aliphatic rings. The van der Waals surface area contributed by atoms with Crippen LogP contribution in [0.3, 0.4) is 0 Å². The third-order valence-corrected chi connectivity index (χ3v) is 3.62. The lowest BCUT2D eigenvalue weighted by molar-refractivity contribution is -0.0509. The fourth-order valence-electron chi connectivity index (χ4n) is 2.60. The van der Waals surface area contributed by atoms with Crippen LogP contribution < -0.4 is 5.73 Å². The van der Waals surface area contributed by atoms with Gasteiger partial charge in [-0.05, 0) is 12.5 Å². The van der Waals surface area contributed by atoms with Crippen molar-refractivity contribution in [2.24, 2.45) is 0 Å². The molecule has 1 fully saturated rings. The molecule has 2 aromatic rings. The number of hydrogen-bond acceptors (Lipinski definition) is 7. The summed E-state index contributed by atoms with van der Waals surface area (Å²) in [5.41, 5.74) is 7.19. The molecule has 8 heteroatoms. The molecule has 2 aromatic heterocycles. The monoisotopic (exact) mass is 280 g/mol. The van der Waals surface area contributed by atoms with Crippen molar-refractivity contribution in [3.8, 4) is 0 Å². The van der Waals surface area contributed by atoms with Crippen molar-refractivity contribution in [2.75, 3.05) is 12.3 Å². The molecule has 0 saturated carbocycles. The van der Waals surface area contributed by atoms with Gasteiger partial charge in [-0.1, -0.05) is 0 Å². The predicted octanol–water partition coefficient (Wildman–Crippen LogP) is -1.07. The number of aliphatic hydroxyl groups excluding tert-OH is 3. The Balaban J connectivity index is 2.10. The van der Waals surface area contributed by atoms with Gasteiger partial charge in [-0.15, -0.1) is 0 Å². The molecule has 4 atom stereocenters. The van der Waals surface area contributed by atoms with E-state index in [4.69, 9.17) is 15.6 Å². The van der Waals surface area contributed by atoms with Crippen LogP contribution in [-0.4, -0.2) is 54.8 Å². The van der Waals surface area contributed by atoms with E-state index in [9.17, 15) is 10.2 Å². The maximum Gasteiger partial charge on any atom is 0.164 e. The molecule has 0 bridgehead atoms. The Bertz CT molecular complexity index is 644. The Morgan fingerprint density at radius 1 is 1.35 bits per heavy atom. The predicted molar refractivity (Wildman–Crippen MR) is 69.7 cm³/mol. The normalized spacial score (nSPS) is 30.2. The molecule has 0 radical (unpaired) electrons. The molecule has 0 spiro atoms. The number of aromatic nitrogens is 3. The first-order chi connectivity index (χ1) is 9.54. The van der Waals surface area contributed by atoms with E-state index in [2.05, 4.69) is 9.97 Å². The summed E-state index contributed by atoms with van der Waals surface area (Å²) in [6, 6.07) is 0. The Morgan fingerprint density at radius 2 is 2.10 bits per heavy atom. The second-order valence-electron chi connectivity index (χ2n) is 4.91. The van der Waals surface area contributed by atoms with E-state index in [1.54, 1.807) is 10.8 Å². The van der Waals surface area contributed by atoms with Gasteiger partial charge in [0.25, 0.3) is 0 Å². The van der Waals surface area contributed by atoms with Crippen molar-refractivity contribution in [1.29, 1.82) is 0 Å². The molecular formula is C12H16N4O4. The lowest BCUT2D eigenvalue weighted by Crippen LogP contribution is -2.33. The van der Waals surface area contributed by atoms with Crippen molar-refractivity contribution >= 4 is 16.9 Å². The van der Waals surface area contributed by atoms with Crippen LogP contribution in [0.2, 0.25) is 0 Å². The number of ether oxygens (including phenoxy) is 1. The maximum atomic E-state index is 10.1. The third kappa shape index (κ3) is 1.77. The van der Waals surface area contributed by atoms with E-state index in [1.807, 2.05) is 6.92 Å². The van der Waals surface area contributed by atoms with Gasteiger partial charge in [0.05, 0.1) is 12.0 Å². The maximum absolute atomic E-state index is 10.1. The summed E-state index contributed by atoms with van der Waals surface area (Å²) in [7, 11) is 0. The van der Waals surface area contributed by atoms with Gasteiger partial charge >= 0.3 is 0 Å². The van der Waals surface area contributed by atoms with Crippen molar-refractivity contribution < 1.29 is 20.1 Å². The first-order valence-electron chi connectivity index (χ1n) is 6.24. The van der Waals surface area contributed by atoms with Gasteiger partial charge < -0.3 is 30.4 Å². The number of rotatable bonds is 2. The van der Waals surface area contributed by atoms with Crippen LogP contribution >= 0.6 is 0 Å². The van der Waals surface area contributed by atoms with Gasteiger partial charge in [0.1, 0.15) is 36.1 Å². The highest BCUT2D eigenvalue weighted by atomic mass is 16.6. The van der Waals surface area contributed by atoms with Crippen LogP contribution in [-0.2, 0) is 4.74 Å². The summed E-state index contributed by atoms with van der Waals surface area (Å²) in [6.45, 7) is 1.48. The minimum absolute atomic E-state index is 0.345. The Hall–Kier alpha value is -1.74. The lowest BCUT2D eigenvalue weighted by Gasteiger charge is -2.17. The first kappa shape index (κ1) is 13.3. The van der Waals surface area contributed by atoms with Crippen molar-refractivity contribution in [1.82, 2.24) is 14.5 Å². The fraction of sp³-hybridized carbons (Fsp3) is 0.500. The topological polar surface area (TPSA) is 127 Å². The van der Waals surface area contributed by atoms with E-state index < -0.39 is 24.5 Å². The smallest absolute Gasteiger partial charge is 0.164 e. The molecule has 4 unspecified atom stereocenters. The van der Waals surface area contributed by atoms with E-state index in [0.29, 0.717) is 16.9 Å². The molecule has 3 heterocycles. The zero-order chi connectivity index (χ0) is 14.4. The minimum atomic E-state index is -1.15. The zero-order valence-electron chi connectivity index (χ0n) is 10.8. The Labute approximate surface area is 114 Å². The van der Waals surface area contributed by atoms with Gasteiger partial charge in [-0.3, -0.25) is 0 Å². The number of nitrogens with two attached hydrogens (primary N) is 1. The van der Waals surface area contributed by atoms with Gasteiger partial charge in [0.2, 0.25) is 0 Å². The van der Waals surface area contributed by atoms with Crippen molar-refractivity contribution in [3.05, 3.63) is 18.1 Å². The molecule has 0 amide bonds. The third-order valence-electron chi connectivity index (χ3n) is 3.62. The highest BCUT2D eigenvalue weighted by Crippen LogP contribution is 2.34.